The zero-order chi connectivity index (χ0) is 26.5. The molecule has 2 aromatic heterocycles. The average molecular weight is 500 g/mol. The lowest BCUT2D eigenvalue weighted by molar-refractivity contribution is 0.868. The summed E-state index contributed by atoms with van der Waals surface area (Å²) >= 11 is 0. The summed E-state index contributed by atoms with van der Waals surface area (Å²) in [5.74, 6) is 0. The minimum Gasteiger partial charge on any atom is -0.305 e. The van der Waals surface area contributed by atoms with Gasteiger partial charge in [-0.25, -0.2) is 0 Å². The molecule has 0 radical (unpaired) electrons. The zero-order valence-corrected chi connectivity index (χ0v) is 22.1. The molecule has 0 saturated heterocycles. The number of aromatic nitrogens is 3. The summed E-state index contributed by atoms with van der Waals surface area (Å²) in [5.41, 5.74) is 11.6. The molecule has 0 spiro atoms. The van der Waals surface area contributed by atoms with E-state index >= 15 is 0 Å². The maximum Gasteiger partial charge on any atom is 0.0912 e. The molecule has 0 saturated carbocycles. The largest absolute Gasteiger partial charge is 0.305 e. The molecule has 2 N–H and O–H groups in total. The fourth-order valence-electron chi connectivity index (χ4n) is 4.98. The van der Waals surface area contributed by atoms with Gasteiger partial charge in [0, 0.05) is 29.1 Å². The van der Waals surface area contributed by atoms with Crippen LogP contribution in [-0.4, -0.2) is 26.6 Å². The Kier molecular flexibility index (Phi) is 7.55. The number of allylic oxidation sites excluding steroid dienone is 15. The van der Waals surface area contributed by atoms with Gasteiger partial charge in [0.05, 0.1) is 23.3 Å². The van der Waals surface area contributed by atoms with Crippen molar-refractivity contribution < 1.29 is 0 Å². The molecule has 0 fully saturated rings. The predicted molar refractivity (Wildman–Crippen MR) is 158 cm³/mol. The highest BCUT2D eigenvalue weighted by molar-refractivity contribution is 6.20. The first kappa shape index (κ1) is 25.3. The highest BCUT2D eigenvalue weighted by Gasteiger charge is 2.22. The summed E-state index contributed by atoms with van der Waals surface area (Å²) in [6.45, 7) is 8.37. The van der Waals surface area contributed by atoms with Crippen molar-refractivity contribution in [2.24, 2.45) is 4.99 Å². The number of aliphatic imine (C=N–C) groups is 1. The third-order valence-electron chi connectivity index (χ3n) is 7.04. The highest BCUT2D eigenvalue weighted by atomic mass is 15.1. The molecule has 0 bridgehead atoms. The lowest BCUT2D eigenvalue weighted by Gasteiger charge is -2.22. The third-order valence-corrected chi connectivity index (χ3v) is 7.04. The molecule has 0 amide bonds. The minimum absolute atomic E-state index is 0.568. The zero-order valence-electron chi connectivity index (χ0n) is 22.1. The number of hydrogen-bond donors (Lipinski definition) is 2. The Hall–Kier alpha value is -4.38. The van der Waals surface area contributed by atoms with Crippen LogP contribution in [0.5, 0.6) is 0 Å². The van der Waals surface area contributed by atoms with Gasteiger partial charge in [0.15, 0.2) is 0 Å². The molecule has 5 rings (SSSR count). The molecule has 2 aliphatic carbocycles. The maximum atomic E-state index is 8.71. The Morgan fingerprint density at radius 1 is 1.11 bits per heavy atom. The smallest absolute Gasteiger partial charge is 0.0912 e. The van der Waals surface area contributed by atoms with E-state index < -0.39 is 0 Å². The molecule has 0 atom stereocenters. The van der Waals surface area contributed by atoms with Crippen LogP contribution < -0.4 is 0 Å². The Balaban J connectivity index is 1.43. The summed E-state index contributed by atoms with van der Waals surface area (Å²) in [6.07, 6.45) is 25.2. The van der Waals surface area contributed by atoms with Crippen molar-refractivity contribution in [2.75, 3.05) is 0 Å². The summed E-state index contributed by atoms with van der Waals surface area (Å²) in [6, 6.07) is 5.98. The molecule has 190 valence electrons. The second-order valence-corrected chi connectivity index (χ2v) is 9.69. The predicted octanol–water partition coefficient (Wildman–Crippen LogP) is 7.97. The van der Waals surface area contributed by atoms with Crippen LogP contribution in [0.2, 0.25) is 0 Å². The first-order chi connectivity index (χ1) is 18.5. The van der Waals surface area contributed by atoms with Crippen molar-refractivity contribution in [1.82, 2.24) is 15.2 Å². The Bertz CT molecular complexity index is 1530. The normalized spacial score (nSPS) is 23.4. The van der Waals surface area contributed by atoms with Gasteiger partial charge in [-0.15, -0.1) is 0 Å². The average Bonchev–Trinajstić information content (AvgIpc) is 3.37. The van der Waals surface area contributed by atoms with E-state index in [9.17, 15) is 0 Å². The van der Waals surface area contributed by atoms with Gasteiger partial charge in [0.25, 0.3) is 0 Å². The van der Waals surface area contributed by atoms with Crippen LogP contribution in [0.15, 0.2) is 119 Å². The van der Waals surface area contributed by atoms with Gasteiger partial charge >= 0.3 is 0 Å². The monoisotopic (exact) mass is 499 g/mol. The van der Waals surface area contributed by atoms with E-state index in [2.05, 4.69) is 70.4 Å². The van der Waals surface area contributed by atoms with Crippen LogP contribution in [0, 0.1) is 12.3 Å². The molecule has 38 heavy (non-hydrogen) atoms. The number of aromatic amines is 1. The number of nitrogens with one attached hydrogen (secondary N) is 2. The lowest BCUT2D eigenvalue weighted by atomic mass is 9.89. The second-order valence-electron chi connectivity index (χ2n) is 9.69. The van der Waals surface area contributed by atoms with E-state index in [0.29, 0.717) is 12.1 Å². The molecule has 5 heteroatoms. The van der Waals surface area contributed by atoms with Crippen LogP contribution in [0.1, 0.15) is 50.3 Å². The Morgan fingerprint density at radius 2 is 1.95 bits per heavy atom. The number of aryl methyl sites for hydroxylation is 1. The molecule has 0 unspecified atom stereocenters. The van der Waals surface area contributed by atoms with Gasteiger partial charge in [-0.05, 0) is 85.6 Å². The van der Waals surface area contributed by atoms with Crippen LogP contribution in [0.3, 0.4) is 0 Å². The van der Waals surface area contributed by atoms with E-state index in [1.54, 1.807) is 0 Å². The number of pyridine rings is 1. The molecule has 2 aromatic rings. The van der Waals surface area contributed by atoms with Gasteiger partial charge in [0.1, 0.15) is 0 Å². The topological polar surface area (TPSA) is 77.8 Å². The Labute approximate surface area is 224 Å². The standard InChI is InChI=1S/C33H33N5/c1-4-24(32-20-29(34)27-14-7-5-6-8-15-30(27)37-32)19-26-13-10-12-25(18-17-22(26)2)28-21-35-38-33(28)31-16-9-11-23(3)36-31/h4-6,9-13,16-19,21,34H,2,7-8,14-15,20H2,1,3H3,(H,35,38)/b6-5+,13-10+,18-17-,24-4+,25-12-,26-19-,34-29?. The van der Waals surface area contributed by atoms with Crippen molar-refractivity contribution in [3.8, 4) is 11.4 Å². The molecule has 1 aliphatic heterocycles. The van der Waals surface area contributed by atoms with Crippen molar-refractivity contribution in [2.45, 2.75) is 46.0 Å². The van der Waals surface area contributed by atoms with Gasteiger partial charge in [-0.1, -0.05) is 61.3 Å². The van der Waals surface area contributed by atoms with Gasteiger partial charge in [-0.2, -0.15) is 5.10 Å². The fourth-order valence-corrected chi connectivity index (χ4v) is 4.98. The first-order valence-electron chi connectivity index (χ1n) is 13.2. The van der Waals surface area contributed by atoms with Crippen LogP contribution in [-0.2, 0) is 0 Å². The Morgan fingerprint density at radius 3 is 2.76 bits per heavy atom. The van der Waals surface area contributed by atoms with E-state index in [-0.39, 0.29) is 0 Å². The number of H-pyrrole nitrogens is 1. The fraction of sp³-hybridized carbons (Fsp3) is 0.212. The van der Waals surface area contributed by atoms with Crippen LogP contribution in [0.25, 0.3) is 17.0 Å². The number of nitrogens with zero attached hydrogens (tertiary/aromatic N) is 3. The van der Waals surface area contributed by atoms with E-state index in [1.165, 1.54) is 0 Å². The quantitative estimate of drug-likeness (QED) is 0.419. The highest BCUT2D eigenvalue weighted by Crippen LogP contribution is 2.31. The molecule has 3 heterocycles. The lowest BCUT2D eigenvalue weighted by Crippen LogP contribution is -2.18. The maximum absolute atomic E-state index is 8.71. The minimum atomic E-state index is 0.568. The van der Waals surface area contributed by atoms with E-state index in [4.69, 9.17) is 10.4 Å². The number of hydrogen-bond acceptors (Lipinski definition) is 4. The van der Waals surface area contributed by atoms with E-state index in [0.717, 1.165) is 87.6 Å². The van der Waals surface area contributed by atoms with Gasteiger partial charge in [-0.3, -0.25) is 15.1 Å². The van der Waals surface area contributed by atoms with Crippen LogP contribution in [0.4, 0.5) is 0 Å². The van der Waals surface area contributed by atoms with Crippen molar-refractivity contribution in [1.29, 1.82) is 5.41 Å². The summed E-state index contributed by atoms with van der Waals surface area (Å²) in [5, 5.41) is 16.1. The molecule has 3 aliphatic rings. The number of rotatable bonds is 4. The van der Waals surface area contributed by atoms with Gasteiger partial charge < -0.3 is 5.41 Å². The van der Waals surface area contributed by atoms with Crippen LogP contribution >= 0.6 is 0 Å². The molecule has 5 nitrogen and oxygen atoms in total. The molecular weight excluding hydrogens is 466 g/mol. The summed E-state index contributed by atoms with van der Waals surface area (Å²) in [4.78, 5) is 9.72. The second kappa shape index (κ2) is 11.3. The van der Waals surface area contributed by atoms with E-state index in [1.807, 2.05) is 44.3 Å². The SMILES string of the molecule is C=C1\C=C/C(c2cn[nH]c2-c2cccc(C)n2)=C/C=C/C1=C/C(=C\C)C1=NC2=C(CC/C=C/CC2)C(=N)C1. The van der Waals surface area contributed by atoms with Crippen molar-refractivity contribution in [3.05, 3.63) is 125 Å². The summed E-state index contributed by atoms with van der Waals surface area (Å²) in [7, 11) is 0. The van der Waals surface area contributed by atoms with Crippen molar-refractivity contribution >= 4 is 17.0 Å². The first-order valence-corrected chi connectivity index (χ1v) is 13.2. The molecular formula is C33H33N5. The van der Waals surface area contributed by atoms with Crippen molar-refractivity contribution in [3.63, 3.8) is 0 Å². The third kappa shape index (κ3) is 5.47. The summed E-state index contributed by atoms with van der Waals surface area (Å²) < 4.78 is 0. The molecule has 0 aromatic carbocycles. The van der Waals surface area contributed by atoms with Gasteiger partial charge in [0.2, 0.25) is 0 Å².